The third-order valence-electron chi connectivity index (χ3n) is 3.93. The number of aliphatic hydroxyl groups is 2. The first kappa shape index (κ1) is 14.5. The Balaban J connectivity index is 2.04. The van der Waals surface area contributed by atoms with Crippen LogP contribution >= 0.6 is 11.3 Å². The van der Waals surface area contributed by atoms with Crippen LogP contribution in [0.25, 0.3) is 10.6 Å². The minimum atomic E-state index is -0.376. The van der Waals surface area contributed by atoms with E-state index in [1.165, 1.54) is 0 Å². The van der Waals surface area contributed by atoms with E-state index in [4.69, 9.17) is 0 Å². The van der Waals surface area contributed by atoms with Crippen LogP contribution in [0.4, 0.5) is 5.69 Å². The van der Waals surface area contributed by atoms with Crippen molar-refractivity contribution in [1.29, 1.82) is 0 Å². The van der Waals surface area contributed by atoms with E-state index in [-0.39, 0.29) is 12.7 Å². The second kappa shape index (κ2) is 5.75. The number of nitrogens with zero attached hydrogens (tertiary/aromatic N) is 2. The number of aromatic nitrogens is 1. The molecule has 2 N–H and O–H groups in total. The summed E-state index contributed by atoms with van der Waals surface area (Å²) in [6, 6.07) is 6.04. The molecule has 3 rings (SSSR count). The number of aliphatic hydroxyl groups excluding tert-OH is 2. The van der Waals surface area contributed by atoms with E-state index < -0.39 is 0 Å². The third kappa shape index (κ3) is 2.69. The summed E-state index contributed by atoms with van der Waals surface area (Å²) in [5.74, 6) is 0. The van der Waals surface area contributed by atoms with Gasteiger partial charge < -0.3 is 15.1 Å². The van der Waals surface area contributed by atoms with Crippen molar-refractivity contribution in [3.8, 4) is 10.6 Å². The number of hydrogen-bond acceptors (Lipinski definition) is 5. The molecular formula is C16H20N2O2S. The van der Waals surface area contributed by atoms with Crippen LogP contribution in [0.2, 0.25) is 0 Å². The van der Waals surface area contributed by atoms with Gasteiger partial charge in [0, 0.05) is 25.3 Å². The van der Waals surface area contributed by atoms with E-state index in [2.05, 4.69) is 4.98 Å². The lowest BCUT2D eigenvalue weighted by atomic mass is 10.0. The molecule has 1 atom stereocenters. The van der Waals surface area contributed by atoms with Crippen LogP contribution in [0, 0.1) is 0 Å². The molecule has 0 spiro atoms. The van der Waals surface area contributed by atoms with Gasteiger partial charge >= 0.3 is 0 Å². The van der Waals surface area contributed by atoms with E-state index in [0.717, 1.165) is 51.7 Å². The van der Waals surface area contributed by atoms with Crippen molar-refractivity contribution in [3.05, 3.63) is 34.3 Å². The SMILES string of the molecule is CN(C)c1ccc(-c2nc3c(s2)C(O)CCC3)c(CO)c1. The molecule has 112 valence electrons. The Morgan fingerprint density at radius 3 is 2.86 bits per heavy atom. The van der Waals surface area contributed by atoms with Crippen molar-refractivity contribution >= 4 is 17.0 Å². The van der Waals surface area contributed by atoms with E-state index in [0.29, 0.717) is 0 Å². The maximum Gasteiger partial charge on any atom is 0.124 e. The highest BCUT2D eigenvalue weighted by Crippen LogP contribution is 2.39. The van der Waals surface area contributed by atoms with Crippen LogP contribution in [0.15, 0.2) is 18.2 Å². The fraction of sp³-hybridized carbons (Fsp3) is 0.438. The third-order valence-corrected chi connectivity index (χ3v) is 5.16. The summed E-state index contributed by atoms with van der Waals surface area (Å²) >= 11 is 1.55. The molecule has 0 bridgehead atoms. The zero-order chi connectivity index (χ0) is 15.0. The molecule has 1 heterocycles. The predicted molar refractivity (Wildman–Crippen MR) is 85.7 cm³/mol. The van der Waals surface area contributed by atoms with Crippen molar-refractivity contribution in [1.82, 2.24) is 4.98 Å². The summed E-state index contributed by atoms with van der Waals surface area (Å²) in [5, 5.41) is 20.6. The number of fused-ring (bicyclic) bond motifs is 1. The zero-order valence-electron chi connectivity index (χ0n) is 12.3. The minimum absolute atomic E-state index is 0.0101. The van der Waals surface area contributed by atoms with Crippen LogP contribution in [0.5, 0.6) is 0 Å². The molecule has 5 heteroatoms. The average Bonchev–Trinajstić information content (AvgIpc) is 2.91. The lowest BCUT2D eigenvalue weighted by Crippen LogP contribution is -2.09. The van der Waals surface area contributed by atoms with Gasteiger partial charge in [-0.05, 0) is 43.0 Å². The quantitative estimate of drug-likeness (QED) is 0.915. The van der Waals surface area contributed by atoms with Crippen molar-refractivity contribution < 1.29 is 10.2 Å². The van der Waals surface area contributed by atoms with Crippen molar-refractivity contribution in [2.24, 2.45) is 0 Å². The summed E-state index contributed by atoms with van der Waals surface area (Å²) < 4.78 is 0. The summed E-state index contributed by atoms with van der Waals surface area (Å²) in [5.41, 5.74) is 3.93. The van der Waals surface area contributed by atoms with Gasteiger partial charge in [0.15, 0.2) is 0 Å². The van der Waals surface area contributed by atoms with Gasteiger partial charge in [0.25, 0.3) is 0 Å². The summed E-state index contributed by atoms with van der Waals surface area (Å²) in [4.78, 5) is 7.70. The molecule has 0 radical (unpaired) electrons. The molecule has 21 heavy (non-hydrogen) atoms. The van der Waals surface area contributed by atoms with Gasteiger partial charge in [-0.25, -0.2) is 4.98 Å². The number of rotatable bonds is 3. The van der Waals surface area contributed by atoms with Crippen LogP contribution in [-0.4, -0.2) is 29.3 Å². The van der Waals surface area contributed by atoms with E-state index in [9.17, 15) is 10.2 Å². The molecule has 0 saturated carbocycles. The van der Waals surface area contributed by atoms with Crippen molar-refractivity contribution in [2.75, 3.05) is 19.0 Å². The molecule has 1 aromatic heterocycles. The van der Waals surface area contributed by atoms with Gasteiger partial charge in [0.1, 0.15) is 5.01 Å². The second-order valence-electron chi connectivity index (χ2n) is 5.63. The molecule has 0 aliphatic heterocycles. The Morgan fingerprint density at radius 2 is 2.19 bits per heavy atom. The average molecular weight is 304 g/mol. The minimum Gasteiger partial charge on any atom is -0.392 e. The van der Waals surface area contributed by atoms with Crippen molar-refractivity contribution in [3.63, 3.8) is 0 Å². The molecule has 4 nitrogen and oxygen atoms in total. The second-order valence-corrected chi connectivity index (χ2v) is 6.66. The molecule has 0 fully saturated rings. The number of hydrogen-bond donors (Lipinski definition) is 2. The monoisotopic (exact) mass is 304 g/mol. The molecule has 1 aliphatic rings. The van der Waals surface area contributed by atoms with Gasteiger partial charge in [-0.2, -0.15) is 0 Å². The molecule has 1 aromatic carbocycles. The van der Waals surface area contributed by atoms with E-state index in [1.54, 1.807) is 11.3 Å². The topological polar surface area (TPSA) is 56.6 Å². The van der Waals surface area contributed by atoms with Gasteiger partial charge in [0.05, 0.1) is 23.3 Å². The Bertz CT molecular complexity index is 652. The Labute approximate surface area is 128 Å². The largest absolute Gasteiger partial charge is 0.392 e. The van der Waals surface area contributed by atoms with Crippen LogP contribution in [-0.2, 0) is 13.0 Å². The summed E-state index contributed by atoms with van der Waals surface area (Å²) in [6.07, 6.45) is 2.37. The van der Waals surface area contributed by atoms with Crippen LogP contribution in [0.3, 0.4) is 0 Å². The van der Waals surface area contributed by atoms with E-state index in [1.807, 2.05) is 37.2 Å². The number of aryl methyl sites for hydroxylation is 1. The fourth-order valence-electron chi connectivity index (χ4n) is 2.71. The van der Waals surface area contributed by atoms with Crippen LogP contribution < -0.4 is 4.90 Å². The fourth-order valence-corrected chi connectivity index (χ4v) is 3.90. The summed E-state index contributed by atoms with van der Waals surface area (Å²) in [6.45, 7) is -0.0101. The molecular weight excluding hydrogens is 284 g/mol. The highest BCUT2D eigenvalue weighted by Gasteiger charge is 2.23. The van der Waals surface area contributed by atoms with E-state index >= 15 is 0 Å². The first-order valence-corrected chi connectivity index (χ1v) is 8.01. The molecule has 0 amide bonds. The van der Waals surface area contributed by atoms with Crippen LogP contribution in [0.1, 0.15) is 35.1 Å². The van der Waals surface area contributed by atoms with Gasteiger partial charge in [-0.15, -0.1) is 11.3 Å². The lowest BCUT2D eigenvalue weighted by Gasteiger charge is -2.15. The molecule has 1 unspecified atom stereocenters. The van der Waals surface area contributed by atoms with Gasteiger partial charge in [0.2, 0.25) is 0 Å². The van der Waals surface area contributed by atoms with Gasteiger partial charge in [-0.3, -0.25) is 0 Å². The first-order valence-electron chi connectivity index (χ1n) is 7.19. The lowest BCUT2D eigenvalue weighted by molar-refractivity contribution is 0.160. The summed E-state index contributed by atoms with van der Waals surface area (Å²) in [7, 11) is 3.96. The maximum absolute atomic E-state index is 10.1. The highest BCUT2D eigenvalue weighted by molar-refractivity contribution is 7.15. The highest BCUT2D eigenvalue weighted by atomic mass is 32.1. The molecule has 0 saturated heterocycles. The normalized spacial score (nSPS) is 17.6. The molecule has 1 aliphatic carbocycles. The first-order chi connectivity index (χ1) is 10.1. The van der Waals surface area contributed by atoms with Crippen molar-refractivity contribution in [2.45, 2.75) is 32.0 Å². The number of thiazole rings is 1. The Morgan fingerprint density at radius 1 is 1.38 bits per heavy atom. The Kier molecular flexibility index (Phi) is 3.97. The number of anilines is 1. The number of benzene rings is 1. The zero-order valence-corrected chi connectivity index (χ0v) is 13.2. The smallest absolute Gasteiger partial charge is 0.124 e. The molecule has 2 aromatic rings. The standard InChI is InChI=1S/C16H20N2O2S/c1-18(2)11-6-7-12(10(8-11)9-19)16-17-13-4-3-5-14(20)15(13)21-16/h6-8,14,19-20H,3-5,9H2,1-2H3. The Hall–Kier alpha value is -1.43. The maximum atomic E-state index is 10.1. The predicted octanol–water partition coefficient (Wildman–Crippen LogP) is 2.74. The van der Waals surface area contributed by atoms with Gasteiger partial charge in [-0.1, -0.05) is 0 Å².